The van der Waals surface area contributed by atoms with Crippen molar-refractivity contribution in [1.29, 1.82) is 5.26 Å². The predicted octanol–water partition coefficient (Wildman–Crippen LogP) is 4.53. The molecule has 1 amide bonds. The number of carbonyl (C=O) groups excluding carboxylic acids is 3. The number of ketones is 1. The third-order valence-electron chi connectivity index (χ3n) is 4.87. The molecule has 1 N–H and O–H groups in total. The monoisotopic (exact) mass is 453 g/mol. The summed E-state index contributed by atoms with van der Waals surface area (Å²) >= 11 is 1.43. The summed E-state index contributed by atoms with van der Waals surface area (Å²) in [7, 11) is 0. The van der Waals surface area contributed by atoms with Crippen LogP contribution in [0.15, 0.2) is 34.7 Å². The van der Waals surface area contributed by atoms with Gasteiger partial charge in [0.1, 0.15) is 11.6 Å². The smallest absolute Gasteiger partial charge is 0.349 e. The summed E-state index contributed by atoms with van der Waals surface area (Å²) in [6.45, 7) is 7.71. The summed E-state index contributed by atoms with van der Waals surface area (Å²) in [6.07, 6.45) is 4.32. The number of esters is 1. The molecule has 7 nitrogen and oxygen atoms in total. The van der Waals surface area contributed by atoms with Crippen LogP contribution in [0.3, 0.4) is 0 Å². The zero-order valence-electron chi connectivity index (χ0n) is 18.9. The van der Waals surface area contributed by atoms with E-state index >= 15 is 0 Å². The van der Waals surface area contributed by atoms with Crippen LogP contribution in [-0.2, 0) is 20.9 Å². The maximum atomic E-state index is 12.5. The number of anilines is 1. The summed E-state index contributed by atoms with van der Waals surface area (Å²) < 4.78 is 7.23. The molecule has 1 aromatic carbocycles. The Morgan fingerprint density at radius 2 is 1.97 bits per heavy atom. The Bertz CT molecular complexity index is 1110. The molecule has 0 unspecified atom stereocenters. The average Bonchev–Trinajstić information content (AvgIpc) is 3.02. The topological polar surface area (TPSA) is 101 Å². The number of Topliss-reactive ketones (excluding diaryl/α,β-unsaturated/α-hetero) is 1. The molecule has 168 valence electrons. The lowest BCUT2D eigenvalue weighted by atomic mass is 10.1. The van der Waals surface area contributed by atoms with Crippen molar-refractivity contribution in [3.8, 4) is 6.07 Å². The van der Waals surface area contributed by atoms with E-state index in [2.05, 4.69) is 16.8 Å². The van der Waals surface area contributed by atoms with Crippen LogP contribution in [-0.4, -0.2) is 35.1 Å². The van der Waals surface area contributed by atoms with Gasteiger partial charge in [0, 0.05) is 35.3 Å². The first-order valence-corrected chi connectivity index (χ1v) is 11.4. The number of hydrogen-bond acceptors (Lipinski definition) is 6. The van der Waals surface area contributed by atoms with Crippen molar-refractivity contribution in [3.63, 3.8) is 0 Å². The Kier molecular flexibility index (Phi) is 8.85. The maximum Gasteiger partial charge on any atom is 0.349 e. The van der Waals surface area contributed by atoms with Crippen LogP contribution in [0.1, 0.15) is 47.6 Å². The zero-order chi connectivity index (χ0) is 23.8. The first-order valence-electron chi connectivity index (χ1n) is 10.2. The van der Waals surface area contributed by atoms with Crippen LogP contribution in [0.5, 0.6) is 0 Å². The van der Waals surface area contributed by atoms with Gasteiger partial charge < -0.3 is 14.6 Å². The van der Waals surface area contributed by atoms with E-state index in [0.717, 1.165) is 34.8 Å². The van der Waals surface area contributed by atoms with Crippen LogP contribution < -0.4 is 5.32 Å². The minimum Gasteiger partial charge on any atom is -0.453 e. The highest BCUT2D eigenvalue weighted by Crippen LogP contribution is 2.27. The summed E-state index contributed by atoms with van der Waals surface area (Å²) in [5.41, 5.74) is 3.40. The number of rotatable bonds is 9. The number of amides is 1. The molecule has 0 spiro atoms. The van der Waals surface area contributed by atoms with Gasteiger partial charge in [-0.15, -0.1) is 11.8 Å². The van der Waals surface area contributed by atoms with E-state index in [1.165, 1.54) is 24.8 Å². The SMILES string of the molecule is CCCn1c(C)cc(/C=C(\C#N)C(=O)OCC(=O)c2ccc(SC)c(NC(C)=O)c2)c1C. The van der Waals surface area contributed by atoms with Gasteiger partial charge >= 0.3 is 5.97 Å². The molecule has 8 heteroatoms. The molecule has 0 fully saturated rings. The predicted molar refractivity (Wildman–Crippen MR) is 126 cm³/mol. The van der Waals surface area contributed by atoms with Crippen LogP contribution in [0.4, 0.5) is 5.69 Å². The van der Waals surface area contributed by atoms with Gasteiger partial charge in [-0.05, 0) is 56.4 Å². The van der Waals surface area contributed by atoms with E-state index in [9.17, 15) is 19.6 Å². The quantitative estimate of drug-likeness (QED) is 0.197. The van der Waals surface area contributed by atoms with Crippen LogP contribution in [0, 0.1) is 25.2 Å². The molecule has 32 heavy (non-hydrogen) atoms. The molecular weight excluding hydrogens is 426 g/mol. The lowest BCUT2D eigenvalue weighted by molar-refractivity contribution is -0.137. The molecule has 1 heterocycles. The molecule has 0 aliphatic rings. The lowest BCUT2D eigenvalue weighted by Crippen LogP contribution is -2.16. The fourth-order valence-electron chi connectivity index (χ4n) is 3.29. The van der Waals surface area contributed by atoms with Gasteiger partial charge in [-0.2, -0.15) is 5.26 Å². The molecule has 2 aromatic rings. The number of carbonyl (C=O) groups is 3. The highest BCUT2D eigenvalue weighted by molar-refractivity contribution is 7.98. The van der Waals surface area contributed by atoms with Crippen molar-refractivity contribution in [2.45, 2.75) is 45.6 Å². The third-order valence-corrected chi connectivity index (χ3v) is 5.66. The minimum absolute atomic E-state index is 0.175. The van der Waals surface area contributed by atoms with Crippen molar-refractivity contribution < 1.29 is 19.1 Å². The number of benzene rings is 1. The van der Waals surface area contributed by atoms with Gasteiger partial charge in [0.25, 0.3) is 0 Å². The second kappa shape index (κ2) is 11.3. The number of nitrogens with zero attached hydrogens (tertiary/aromatic N) is 2. The number of ether oxygens (including phenoxy) is 1. The Balaban J connectivity index is 2.15. The van der Waals surface area contributed by atoms with Gasteiger partial charge in [-0.25, -0.2) is 4.79 Å². The van der Waals surface area contributed by atoms with E-state index in [1.54, 1.807) is 18.2 Å². The van der Waals surface area contributed by atoms with E-state index in [-0.39, 0.29) is 11.5 Å². The van der Waals surface area contributed by atoms with Crippen molar-refractivity contribution in [2.75, 3.05) is 18.2 Å². The van der Waals surface area contributed by atoms with Gasteiger partial charge in [0.2, 0.25) is 5.91 Å². The Labute approximate surface area is 192 Å². The second-order valence-corrected chi connectivity index (χ2v) is 8.09. The van der Waals surface area contributed by atoms with E-state index in [4.69, 9.17) is 4.74 Å². The molecule has 0 radical (unpaired) electrons. The van der Waals surface area contributed by atoms with Gasteiger partial charge in [-0.1, -0.05) is 13.0 Å². The first-order chi connectivity index (χ1) is 15.2. The summed E-state index contributed by atoms with van der Waals surface area (Å²) in [5.74, 6) is -1.54. The van der Waals surface area contributed by atoms with Crippen molar-refractivity contribution in [3.05, 3.63) is 52.4 Å². The number of nitrogens with one attached hydrogen (secondary N) is 1. The summed E-state index contributed by atoms with van der Waals surface area (Å²) in [5, 5.41) is 12.1. The Morgan fingerprint density at radius 1 is 1.25 bits per heavy atom. The van der Waals surface area contributed by atoms with Crippen LogP contribution >= 0.6 is 11.8 Å². The molecule has 0 aliphatic carbocycles. The van der Waals surface area contributed by atoms with Crippen LogP contribution in [0.25, 0.3) is 6.08 Å². The fourth-order valence-corrected chi connectivity index (χ4v) is 3.83. The van der Waals surface area contributed by atoms with E-state index < -0.39 is 18.4 Å². The summed E-state index contributed by atoms with van der Waals surface area (Å²) in [4.78, 5) is 37.2. The van der Waals surface area contributed by atoms with Gasteiger partial charge in [0.05, 0.1) is 5.69 Å². The molecule has 0 bridgehead atoms. The highest BCUT2D eigenvalue weighted by Gasteiger charge is 2.17. The molecule has 0 aliphatic heterocycles. The number of aryl methyl sites for hydroxylation is 1. The summed E-state index contributed by atoms with van der Waals surface area (Å²) in [6, 6.07) is 8.65. The Hall–Kier alpha value is -3.31. The molecule has 1 aromatic heterocycles. The van der Waals surface area contributed by atoms with Crippen LogP contribution in [0.2, 0.25) is 0 Å². The number of hydrogen-bond donors (Lipinski definition) is 1. The second-order valence-electron chi connectivity index (χ2n) is 7.24. The lowest BCUT2D eigenvalue weighted by Gasteiger charge is -2.10. The van der Waals surface area contributed by atoms with Crippen molar-refractivity contribution in [2.24, 2.45) is 0 Å². The van der Waals surface area contributed by atoms with E-state index in [0.29, 0.717) is 11.3 Å². The standard InChI is InChI=1S/C24H27N3O4S/c1-6-9-27-15(2)10-19(16(27)3)11-20(13-25)24(30)31-14-22(29)18-7-8-23(32-5)21(12-18)26-17(4)28/h7-8,10-12H,6,9,14H2,1-5H3,(H,26,28)/b20-11+. The Morgan fingerprint density at radius 3 is 2.56 bits per heavy atom. The average molecular weight is 454 g/mol. The molecule has 0 saturated carbocycles. The molecular formula is C24H27N3O4S. The zero-order valence-corrected chi connectivity index (χ0v) is 19.8. The maximum absolute atomic E-state index is 12.5. The third kappa shape index (κ3) is 6.11. The van der Waals surface area contributed by atoms with Gasteiger partial charge in [0.15, 0.2) is 12.4 Å². The largest absolute Gasteiger partial charge is 0.453 e. The minimum atomic E-state index is -0.857. The normalized spacial score (nSPS) is 11.1. The number of thioether (sulfide) groups is 1. The highest BCUT2D eigenvalue weighted by atomic mass is 32.2. The number of aromatic nitrogens is 1. The van der Waals surface area contributed by atoms with Gasteiger partial charge in [-0.3, -0.25) is 9.59 Å². The first kappa shape index (κ1) is 25.0. The van der Waals surface area contributed by atoms with Crippen molar-refractivity contribution >= 4 is 41.2 Å². The molecule has 2 rings (SSSR count). The van der Waals surface area contributed by atoms with E-state index in [1.807, 2.05) is 32.2 Å². The fraction of sp³-hybridized carbons (Fsp3) is 0.333. The van der Waals surface area contributed by atoms with Crippen molar-refractivity contribution in [1.82, 2.24) is 4.57 Å². The molecule has 0 saturated heterocycles. The molecule has 0 atom stereocenters. The number of nitriles is 1.